The molecule has 1 saturated carbocycles. The lowest BCUT2D eigenvalue weighted by atomic mass is 9.88. The minimum absolute atomic E-state index is 0.111. The van der Waals surface area contributed by atoms with Crippen LogP contribution in [0.25, 0.3) is 0 Å². The summed E-state index contributed by atoms with van der Waals surface area (Å²) in [6.45, 7) is 5.26. The predicted octanol–water partition coefficient (Wildman–Crippen LogP) is 3.22. The number of hydrogen-bond acceptors (Lipinski definition) is 6. The highest BCUT2D eigenvalue weighted by molar-refractivity contribution is 5.93. The Bertz CT molecular complexity index is 833. The molecule has 0 bridgehead atoms. The zero-order valence-electron chi connectivity index (χ0n) is 18.4. The molecule has 1 aromatic carbocycles. The van der Waals surface area contributed by atoms with Gasteiger partial charge in [-0.3, -0.25) is 14.6 Å². The number of methoxy groups -OCH3 is 1. The number of anilines is 2. The van der Waals surface area contributed by atoms with Gasteiger partial charge in [-0.2, -0.15) is 0 Å². The van der Waals surface area contributed by atoms with Gasteiger partial charge in [0.15, 0.2) is 0 Å². The molecule has 31 heavy (non-hydrogen) atoms. The molecule has 0 N–H and O–H groups in total. The Morgan fingerprint density at radius 2 is 1.74 bits per heavy atom. The Labute approximate surface area is 185 Å². The van der Waals surface area contributed by atoms with Crippen molar-refractivity contribution in [3.63, 3.8) is 0 Å². The van der Waals surface area contributed by atoms with Crippen LogP contribution >= 0.6 is 0 Å². The van der Waals surface area contributed by atoms with E-state index in [1.165, 1.54) is 6.42 Å². The van der Waals surface area contributed by atoms with E-state index in [-0.39, 0.29) is 11.8 Å². The van der Waals surface area contributed by atoms with Crippen molar-refractivity contribution in [2.75, 3.05) is 56.2 Å². The number of rotatable bonds is 7. The van der Waals surface area contributed by atoms with Gasteiger partial charge in [0, 0.05) is 57.6 Å². The van der Waals surface area contributed by atoms with Crippen LogP contribution in [-0.4, -0.2) is 67.2 Å². The van der Waals surface area contributed by atoms with Crippen molar-refractivity contribution in [1.29, 1.82) is 0 Å². The van der Waals surface area contributed by atoms with E-state index < -0.39 is 0 Å². The second-order valence-electron chi connectivity index (χ2n) is 8.37. The van der Waals surface area contributed by atoms with Crippen LogP contribution in [0.3, 0.4) is 0 Å². The molecule has 1 aliphatic carbocycles. The van der Waals surface area contributed by atoms with Crippen molar-refractivity contribution in [3.05, 3.63) is 42.7 Å². The van der Waals surface area contributed by atoms with Crippen molar-refractivity contribution in [2.45, 2.75) is 32.1 Å². The first-order chi connectivity index (χ1) is 15.3. The molecule has 0 spiro atoms. The average molecular weight is 424 g/mol. The Hall–Kier alpha value is -2.67. The van der Waals surface area contributed by atoms with Crippen LogP contribution < -0.4 is 14.5 Å². The number of ether oxygens (including phenoxy) is 1. The highest BCUT2D eigenvalue weighted by Crippen LogP contribution is 2.29. The topological polar surface area (TPSA) is 61.8 Å². The summed E-state index contributed by atoms with van der Waals surface area (Å²) >= 11 is 0. The molecule has 166 valence electrons. The lowest BCUT2D eigenvalue weighted by molar-refractivity contribution is -0.123. The molecular weight excluding hydrogens is 390 g/mol. The summed E-state index contributed by atoms with van der Waals surface area (Å²) in [5, 5.41) is 0. The number of carbonyl (C=O) groups excluding carboxylic acids is 1. The number of nitrogens with zero attached hydrogens (tertiary/aromatic N) is 5. The van der Waals surface area contributed by atoms with E-state index in [4.69, 9.17) is 4.74 Å². The monoisotopic (exact) mass is 423 g/mol. The molecule has 2 heterocycles. The van der Waals surface area contributed by atoms with Gasteiger partial charge in [-0.15, -0.1) is 0 Å². The summed E-state index contributed by atoms with van der Waals surface area (Å²) in [5.74, 6) is 1.76. The van der Waals surface area contributed by atoms with E-state index in [1.807, 2.05) is 17.0 Å². The second-order valence-corrected chi connectivity index (χ2v) is 8.37. The first-order valence-corrected chi connectivity index (χ1v) is 11.4. The molecule has 1 aliphatic heterocycles. The average Bonchev–Trinajstić information content (AvgIpc) is 2.85. The van der Waals surface area contributed by atoms with Crippen LogP contribution in [0.1, 0.15) is 32.1 Å². The van der Waals surface area contributed by atoms with Gasteiger partial charge in [0.1, 0.15) is 5.75 Å². The lowest BCUT2D eigenvalue weighted by Gasteiger charge is -2.37. The number of para-hydroxylation sites is 2. The summed E-state index contributed by atoms with van der Waals surface area (Å²) in [4.78, 5) is 28.7. The molecule has 0 atom stereocenters. The number of hydrogen-bond donors (Lipinski definition) is 0. The van der Waals surface area contributed by atoms with Gasteiger partial charge in [-0.05, 0) is 31.0 Å². The maximum Gasteiger partial charge on any atom is 0.232 e. The van der Waals surface area contributed by atoms with Crippen LogP contribution in [0.4, 0.5) is 11.6 Å². The highest BCUT2D eigenvalue weighted by Gasteiger charge is 2.29. The maximum atomic E-state index is 13.3. The molecule has 2 aromatic rings. The summed E-state index contributed by atoms with van der Waals surface area (Å²) in [5.41, 5.74) is 1.15. The summed E-state index contributed by atoms with van der Waals surface area (Å²) in [6, 6.07) is 9.98. The van der Waals surface area contributed by atoms with E-state index in [1.54, 1.807) is 25.6 Å². The fourth-order valence-electron chi connectivity index (χ4n) is 4.65. The van der Waals surface area contributed by atoms with Crippen LogP contribution in [0, 0.1) is 5.92 Å². The van der Waals surface area contributed by atoms with Gasteiger partial charge in [0.25, 0.3) is 0 Å². The SMILES string of the molecule is COc1ccccc1N1CCN(CCN(C(=O)C2CCCCC2)c2ncccn2)CC1. The molecule has 1 amide bonds. The van der Waals surface area contributed by atoms with Crippen molar-refractivity contribution in [1.82, 2.24) is 14.9 Å². The maximum absolute atomic E-state index is 13.3. The van der Waals surface area contributed by atoms with Crippen LogP contribution in [-0.2, 0) is 4.79 Å². The fourth-order valence-corrected chi connectivity index (χ4v) is 4.65. The van der Waals surface area contributed by atoms with E-state index in [9.17, 15) is 4.79 Å². The number of amides is 1. The van der Waals surface area contributed by atoms with Gasteiger partial charge in [-0.25, -0.2) is 9.97 Å². The smallest absolute Gasteiger partial charge is 0.232 e. The van der Waals surface area contributed by atoms with Crippen molar-refractivity contribution >= 4 is 17.5 Å². The van der Waals surface area contributed by atoms with E-state index in [0.717, 1.165) is 69.8 Å². The zero-order chi connectivity index (χ0) is 21.5. The number of piperazine rings is 1. The van der Waals surface area contributed by atoms with Crippen LogP contribution in [0.15, 0.2) is 42.7 Å². The van der Waals surface area contributed by atoms with Gasteiger partial charge < -0.3 is 9.64 Å². The predicted molar refractivity (Wildman–Crippen MR) is 123 cm³/mol. The van der Waals surface area contributed by atoms with Gasteiger partial charge >= 0.3 is 0 Å². The first kappa shape index (κ1) is 21.6. The number of benzene rings is 1. The highest BCUT2D eigenvalue weighted by atomic mass is 16.5. The third-order valence-corrected chi connectivity index (χ3v) is 6.45. The molecule has 7 nitrogen and oxygen atoms in total. The van der Waals surface area contributed by atoms with Crippen molar-refractivity contribution in [3.8, 4) is 5.75 Å². The standard InChI is InChI=1S/C24H33N5O2/c1-31-22-11-6-5-10-21(22)28-17-14-27(15-18-28)16-19-29(24-25-12-7-13-26-24)23(30)20-8-3-2-4-9-20/h5-7,10-13,20H,2-4,8-9,14-19H2,1H3. The van der Waals surface area contributed by atoms with Crippen molar-refractivity contribution in [2.24, 2.45) is 5.92 Å². The van der Waals surface area contributed by atoms with Crippen LogP contribution in [0.5, 0.6) is 5.75 Å². The summed E-state index contributed by atoms with van der Waals surface area (Å²) in [7, 11) is 1.72. The number of aromatic nitrogens is 2. The zero-order valence-corrected chi connectivity index (χ0v) is 18.4. The molecule has 0 unspecified atom stereocenters. The van der Waals surface area contributed by atoms with Crippen LogP contribution in [0.2, 0.25) is 0 Å². The molecule has 2 aliphatic rings. The van der Waals surface area contributed by atoms with Crippen molar-refractivity contribution < 1.29 is 9.53 Å². The Morgan fingerprint density at radius 3 is 2.45 bits per heavy atom. The molecule has 0 radical (unpaired) electrons. The molecule has 2 fully saturated rings. The third kappa shape index (κ3) is 5.34. The van der Waals surface area contributed by atoms with Gasteiger partial charge in [0.05, 0.1) is 12.8 Å². The van der Waals surface area contributed by atoms with E-state index in [0.29, 0.717) is 12.5 Å². The minimum Gasteiger partial charge on any atom is -0.495 e. The molecule has 1 aromatic heterocycles. The Morgan fingerprint density at radius 1 is 1.03 bits per heavy atom. The fraction of sp³-hybridized carbons (Fsp3) is 0.542. The van der Waals surface area contributed by atoms with E-state index in [2.05, 4.69) is 31.9 Å². The largest absolute Gasteiger partial charge is 0.495 e. The molecular formula is C24H33N5O2. The summed E-state index contributed by atoms with van der Waals surface area (Å²) in [6.07, 6.45) is 8.93. The Balaban J connectivity index is 1.36. The summed E-state index contributed by atoms with van der Waals surface area (Å²) < 4.78 is 5.52. The lowest BCUT2D eigenvalue weighted by Crippen LogP contribution is -2.50. The molecule has 1 saturated heterocycles. The molecule has 7 heteroatoms. The van der Waals surface area contributed by atoms with Gasteiger partial charge in [0.2, 0.25) is 11.9 Å². The first-order valence-electron chi connectivity index (χ1n) is 11.4. The normalized spacial score (nSPS) is 18.0. The van der Waals surface area contributed by atoms with E-state index >= 15 is 0 Å². The quantitative estimate of drug-likeness (QED) is 0.681. The second kappa shape index (κ2) is 10.6. The number of carbonyl (C=O) groups is 1. The Kier molecular flexibility index (Phi) is 7.35. The third-order valence-electron chi connectivity index (χ3n) is 6.45. The molecule has 4 rings (SSSR count). The van der Waals surface area contributed by atoms with Gasteiger partial charge in [-0.1, -0.05) is 31.4 Å². The minimum atomic E-state index is 0.111.